The van der Waals surface area contributed by atoms with Crippen LogP contribution in [0.1, 0.15) is 11.3 Å². The van der Waals surface area contributed by atoms with Crippen LogP contribution in [0.5, 0.6) is 0 Å². The van der Waals surface area contributed by atoms with Crippen molar-refractivity contribution in [2.24, 2.45) is 5.10 Å². The average molecular weight is 437 g/mol. The van der Waals surface area contributed by atoms with Crippen molar-refractivity contribution in [3.63, 3.8) is 0 Å². The number of benzene rings is 2. The van der Waals surface area contributed by atoms with Crippen molar-refractivity contribution < 1.29 is 35.2 Å². The van der Waals surface area contributed by atoms with Crippen LogP contribution in [0, 0.1) is 23.3 Å². The first-order valence-corrected chi connectivity index (χ1v) is 8.05. The van der Waals surface area contributed by atoms with Crippen LogP contribution in [-0.2, 0) is 6.18 Å². The predicted molar refractivity (Wildman–Crippen MR) is 91.6 cm³/mol. The molecule has 0 spiro atoms. The first kappa shape index (κ1) is 20.7. The van der Waals surface area contributed by atoms with E-state index in [-0.39, 0.29) is 5.76 Å². The molecule has 0 fully saturated rings. The number of furan rings is 1. The van der Waals surface area contributed by atoms with Gasteiger partial charge >= 0.3 is 6.18 Å². The van der Waals surface area contributed by atoms with Gasteiger partial charge < -0.3 is 4.42 Å². The maximum Gasteiger partial charge on any atom is 0.422 e. The second-order valence-electron chi connectivity index (χ2n) is 5.59. The number of anilines is 1. The molecule has 0 aliphatic carbocycles. The van der Waals surface area contributed by atoms with Crippen molar-refractivity contribution >= 4 is 23.5 Å². The fourth-order valence-corrected chi connectivity index (χ4v) is 2.55. The van der Waals surface area contributed by atoms with Gasteiger partial charge in [0.25, 0.3) is 0 Å². The molecule has 1 heterocycles. The number of halogens is 8. The Balaban J connectivity index is 1.85. The maximum atomic E-state index is 13.8. The Morgan fingerprint density at radius 2 is 1.59 bits per heavy atom. The third kappa shape index (κ3) is 4.21. The van der Waals surface area contributed by atoms with E-state index in [1.165, 1.54) is 12.1 Å². The summed E-state index contributed by atoms with van der Waals surface area (Å²) >= 11 is 5.87. The van der Waals surface area contributed by atoms with Gasteiger partial charge in [-0.25, -0.2) is 17.6 Å². The van der Waals surface area contributed by atoms with Gasteiger partial charge in [-0.1, -0.05) is 23.7 Å². The molecular formula is C18H8ClF7N2O. The molecule has 0 radical (unpaired) electrons. The Morgan fingerprint density at radius 3 is 2.17 bits per heavy atom. The summed E-state index contributed by atoms with van der Waals surface area (Å²) in [6, 6.07) is 9.58. The van der Waals surface area contributed by atoms with E-state index in [2.05, 4.69) is 5.10 Å². The summed E-state index contributed by atoms with van der Waals surface area (Å²) in [5.41, 5.74) is -1.93. The third-order valence-corrected chi connectivity index (χ3v) is 3.89. The van der Waals surface area contributed by atoms with Crippen LogP contribution in [0.3, 0.4) is 0 Å². The van der Waals surface area contributed by atoms with Gasteiger partial charge in [-0.2, -0.15) is 18.3 Å². The lowest BCUT2D eigenvalue weighted by Gasteiger charge is -2.13. The molecule has 0 unspecified atom stereocenters. The summed E-state index contributed by atoms with van der Waals surface area (Å²) in [5.74, 6) is -9.27. The molecule has 2 aromatic carbocycles. The molecule has 0 saturated carbocycles. The molecule has 3 aromatic rings. The molecular weight excluding hydrogens is 429 g/mol. The topological polar surface area (TPSA) is 37.5 Å². The third-order valence-electron chi connectivity index (χ3n) is 3.65. The minimum absolute atomic E-state index is 0.0705. The number of alkyl halides is 3. The van der Waals surface area contributed by atoms with E-state index in [1.807, 2.05) is 0 Å². The van der Waals surface area contributed by atoms with Crippen LogP contribution in [0.4, 0.5) is 36.4 Å². The second kappa shape index (κ2) is 7.78. The van der Waals surface area contributed by atoms with Crippen molar-refractivity contribution in [2.75, 3.05) is 5.43 Å². The minimum Gasteiger partial charge on any atom is -0.455 e. The number of hydrazone groups is 1. The summed E-state index contributed by atoms with van der Waals surface area (Å²) < 4.78 is 97.7. The number of rotatable bonds is 4. The van der Waals surface area contributed by atoms with Crippen molar-refractivity contribution in [3.8, 4) is 11.3 Å². The highest BCUT2D eigenvalue weighted by Crippen LogP contribution is 2.38. The van der Waals surface area contributed by atoms with Gasteiger partial charge in [0, 0.05) is 10.6 Å². The van der Waals surface area contributed by atoms with E-state index < -0.39 is 40.7 Å². The standard InChI is InChI=1S/C18H8ClF7N2O/c19-9-3-1-2-8(6-9)11-5-4-10(29-11)7-27-28-17-15(22)13(20)12(18(24,25)26)14(21)16(17)23/h1-7,28H/b27-7-. The molecule has 0 aliphatic rings. The monoisotopic (exact) mass is 436 g/mol. The van der Waals surface area contributed by atoms with Crippen LogP contribution in [0.25, 0.3) is 11.3 Å². The van der Waals surface area contributed by atoms with Crippen LogP contribution in [0.2, 0.25) is 5.02 Å². The summed E-state index contributed by atoms with van der Waals surface area (Å²) in [6.07, 6.45) is -4.72. The summed E-state index contributed by atoms with van der Waals surface area (Å²) in [5, 5.41) is 3.79. The quantitative estimate of drug-likeness (QED) is 0.216. The van der Waals surface area contributed by atoms with Crippen LogP contribution >= 0.6 is 11.6 Å². The van der Waals surface area contributed by atoms with E-state index >= 15 is 0 Å². The molecule has 11 heteroatoms. The summed E-state index contributed by atoms with van der Waals surface area (Å²) in [4.78, 5) is 0. The van der Waals surface area contributed by atoms with E-state index in [4.69, 9.17) is 16.0 Å². The van der Waals surface area contributed by atoms with Gasteiger partial charge in [-0.3, -0.25) is 5.43 Å². The van der Waals surface area contributed by atoms with Gasteiger partial charge in [0.15, 0.2) is 23.3 Å². The average Bonchev–Trinajstić information content (AvgIpc) is 3.11. The van der Waals surface area contributed by atoms with E-state index in [9.17, 15) is 30.7 Å². The van der Waals surface area contributed by atoms with Crippen molar-refractivity contribution in [1.29, 1.82) is 0 Å². The molecule has 0 atom stereocenters. The van der Waals surface area contributed by atoms with Crippen molar-refractivity contribution in [2.45, 2.75) is 6.18 Å². The van der Waals surface area contributed by atoms with Crippen LogP contribution in [-0.4, -0.2) is 6.21 Å². The lowest BCUT2D eigenvalue weighted by Crippen LogP contribution is -2.16. The first-order chi connectivity index (χ1) is 13.6. The fourth-order valence-electron chi connectivity index (χ4n) is 2.36. The highest BCUT2D eigenvalue weighted by atomic mass is 35.5. The normalized spacial score (nSPS) is 12.0. The van der Waals surface area contributed by atoms with Gasteiger partial charge in [0.2, 0.25) is 0 Å². The van der Waals surface area contributed by atoms with Gasteiger partial charge in [0.1, 0.15) is 22.8 Å². The summed E-state index contributed by atoms with van der Waals surface area (Å²) in [6.45, 7) is 0. The summed E-state index contributed by atoms with van der Waals surface area (Å²) in [7, 11) is 0. The minimum atomic E-state index is -5.62. The Labute approximate surface area is 163 Å². The van der Waals surface area contributed by atoms with Gasteiger partial charge in [-0.15, -0.1) is 0 Å². The largest absolute Gasteiger partial charge is 0.455 e. The number of hydrogen-bond donors (Lipinski definition) is 1. The first-order valence-electron chi connectivity index (χ1n) is 7.67. The zero-order valence-corrected chi connectivity index (χ0v) is 14.7. The van der Waals surface area contributed by atoms with Crippen molar-refractivity contribution in [1.82, 2.24) is 0 Å². The molecule has 0 amide bonds. The molecule has 152 valence electrons. The smallest absolute Gasteiger partial charge is 0.422 e. The SMILES string of the molecule is Fc1c(F)c(C(F)(F)F)c(F)c(F)c1N/N=C\c1ccc(-c2cccc(Cl)c2)o1. The number of nitrogens with zero attached hydrogens (tertiary/aromatic N) is 1. The second-order valence-corrected chi connectivity index (χ2v) is 6.02. The van der Waals surface area contributed by atoms with Crippen molar-refractivity contribution in [3.05, 3.63) is 76.0 Å². The highest BCUT2D eigenvalue weighted by molar-refractivity contribution is 6.30. The molecule has 1 aromatic heterocycles. The molecule has 3 nitrogen and oxygen atoms in total. The lowest BCUT2D eigenvalue weighted by molar-refractivity contribution is -0.143. The van der Waals surface area contributed by atoms with Crippen LogP contribution < -0.4 is 5.43 Å². The van der Waals surface area contributed by atoms with Gasteiger partial charge in [0.05, 0.1) is 6.21 Å². The predicted octanol–water partition coefficient (Wildman–Crippen LogP) is 6.62. The molecule has 1 N–H and O–H groups in total. The Kier molecular flexibility index (Phi) is 5.56. The van der Waals surface area contributed by atoms with E-state index in [0.717, 1.165) is 6.21 Å². The molecule has 0 aliphatic heterocycles. The fraction of sp³-hybridized carbons (Fsp3) is 0.0556. The number of hydrogen-bond acceptors (Lipinski definition) is 3. The number of nitrogens with one attached hydrogen (secondary N) is 1. The maximum absolute atomic E-state index is 13.8. The lowest BCUT2D eigenvalue weighted by atomic mass is 10.1. The molecule has 29 heavy (non-hydrogen) atoms. The molecule has 0 saturated heterocycles. The zero-order chi connectivity index (χ0) is 21.3. The van der Waals surface area contributed by atoms with E-state index in [0.29, 0.717) is 16.3 Å². The molecule has 3 rings (SSSR count). The Morgan fingerprint density at radius 1 is 0.931 bits per heavy atom. The van der Waals surface area contributed by atoms with Crippen LogP contribution in [0.15, 0.2) is 45.9 Å². The highest BCUT2D eigenvalue weighted by Gasteiger charge is 2.42. The van der Waals surface area contributed by atoms with Gasteiger partial charge in [-0.05, 0) is 24.3 Å². The zero-order valence-electron chi connectivity index (χ0n) is 13.9. The Bertz CT molecular complexity index is 1060. The Hall–Kier alpha value is -3.01. The van der Waals surface area contributed by atoms with E-state index in [1.54, 1.807) is 29.7 Å². The molecule has 0 bridgehead atoms.